The third-order valence-electron chi connectivity index (χ3n) is 3.36. The maximum Gasteiger partial charge on any atom is 0.158 e. The molecule has 2 aromatic rings. The van der Waals surface area contributed by atoms with E-state index in [1.165, 1.54) is 12.8 Å². The van der Waals surface area contributed by atoms with Crippen LogP contribution >= 0.6 is 0 Å². The van der Waals surface area contributed by atoms with Gasteiger partial charge in [-0.05, 0) is 32.3 Å². The number of hydrogen-bond acceptors (Lipinski definition) is 3. The van der Waals surface area contributed by atoms with Gasteiger partial charge in [0.2, 0.25) is 0 Å². The van der Waals surface area contributed by atoms with E-state index in [2.05, 4.69) is 49.2 Å². The van der Waals surface area contributed by atoms with Gasteiger partial charge >= 0.3 is 0 Å². The van der Waals surface area contributed by atoms with Crippen LogP contribution in [0.1, 0.15) is 46.6 Å². The molecule has 2 aromatic heterocycles. The topological polar surface area (TPSA) is 42.7 Å². The molecule has 104 valence electrons. The molecular formula is C15H24N4. The molecule has 1 atom stereocenters. The standard InChI is InChI=1S/C15H24N4/c1-5-6-12(4)8-16-14-7-13-9-18-19(11(2)3)15(13)17-10-14/h7,9-12,16H,5-6,8H2,1-4H3. The van der Waals surface area contributed by atoms with E-state index in [0.29, 0.717) is 12.0 Å². The Hall–Kier alpha value is -1.58. The quantitative estimate of drug-likeness (QED) is 0.857. The molecule has 2 rings (SSSR count). The Kier molecular flexibility index (Phi) is 4.40. The Morgan fingerprint density at radius 3 is 2.74 bits per heavy atom. The van der Waals surface area contributed by atoms with Crippen LogP contribution in [-0.2, 0) is 0 Å². The van der Waals surface area contributed by atoms with Crippen LogP contribution in [0.25, 0.3) is 11.0 Å². The number of rotatable bonds is 6. The number of hydrogen-bond donors (Lipinski definition) is 1. The molecule has 0 amide bonds. The molecular weight excluding hydrogens is 236 g/mol. The number of fused-ring (bicyclic) bond motifs is 1. The van der Waals surface area contributed by atoms with Gasteiger partial charge in [0.1, 0.15) is 0 Å². The largest absolute Gasteiger partial charge is 0.384 e. The highest BCUT2D eigenvalue weighted by molar-refractivity contribution is 5.78. The average Bonchev–Trinajstić information content (AvgIpc) is 2.79. The molecule has 0 saturated carbocycles. The lowest BCUT2D eigenvalue weighted by molar-refractivity contribution is 0.546. The number of nitrogens with one attached hydrogen (secondary N) is 1. The van der Waals surface area contributed by atoms with Crippen molar-refractivity contribution in [1.29, 1.82) is 0 Å². The van der Waals surface area contributed by atoms with Gasteiger partial charge in [0, 0.05) is 18.0 Å². The number of aromatic nitrogens is 3. The predicted octanol–water partition coefficient (Wildman–Crippen LogP) is 3.86. The third kappa shape index (κ3) is 3.25. The monoisotopic (exact) mass is 260 g/mol. The summed E-state index contributed by atoms with van der Waals surface area (Å²) in [6, 6.07) is 2.47. The van der Waals surface area contributed by atoms with Crippen LogP contribution < -0.4 is 5.32 Å². The normalized spacial score (nSPS) is 13.1. The second kappa shape index (κ2) is 6.04. The Morgan fingerprint density at radius 2 is 2.05 bits per heavy atom. The zero-order valence-electron chi connectivity index (χ0n) is 12.3. The Bertz CT molecular complexity index is 530. The lowest BCUT2D eigenvalue weighted by Crippen LogP contribution is -2.11. The lowest BCUT2D eigenvalue weighted by atomic mass is 10.1. The molecule has 4 heteroatoms. The summed E-state index contributed by atoms with van der Waals surface area (Å²) in [7, 11) is 0. The zero-order chi connectivity index (χ0) is 13.8. The highest BCUT2D eigenvalue weighted by Gasteiger charge is 2.08. The Balaban J connectivity index is 2.10. The van der Waals surface area contributed by atoms with Gasteiger partial charge in [0.05, 0.1) is 18.1 Å². The fourth-order valence-electron chi connectivity index (χ4n) is 2.30. The van der Waals surface area contributed by atoms with E-state index in [1.807, 2.05) is 17.1 Å². The maximum atomic E-state index is 4.52. The first-order valence-electron chi connectivity index (χ1n) is 7.19. The number of nitrogens with zero attached hydrogens (tertiary/aromatic N) is 3. The minimum atomic E-state index is 0.341. The summed E-state index contributed by atoms with van der Waals surface area (Å²) in [5.41, 5.74) is 2.04. The smallest absolute Gasteiger partial charge is 0.158 e. The van der Waals surface area contributed by atoms with Crippen LogP contribution in [0.5, 0.6) is 0 Å². The minimum Gasteiger partial charge on any atom is -0.384 e. The third-order valence-corrected chi connectivity index (χ3v) is 3.36. The lowest BCUT2D eigenvalue weighted by Gasteiger charge is -2.12. The Labute approximate surface area is 115 Å². The predicted molar refractivity (Wildman–Crippen MR) is 80.5 cm³/mol. The summed E-state index contributed by atoms with van der Waals surface area (Å²) < 4.78 is 1.96. The van der Waals surface area contributed by atoms with E-state index in [4.69, 9.17) is 0 Å². The van der Waals surface area contributed by atoms with Crippen molar-refractivity contribution in [2.24, 2.45) is 5.92 Å². The van der Waals surface area contributed by atoms with Crippen molar-refractivity contribution in [3.63, 3.8) is 0 Å². The van der Waals surface area contributed by atoms with Crippen LogP contribution in [0.2, 0.25) is 0 Å². The molecule has 0 saturated heterocycles. The van der Waals surface area contributed by atoms with Crippen LogP contribution in [0.3, 0.4) is 0 Å². The molecule has 0 aliphatic rings. The van der Waals surface area contributed by atoms with Crippen LogP contribution in [0, 0.1) is 5.92 Å². The molecule has 0 radical (unpaired) electrons. The Morgan fingerprint density at radius 1 is 1.26 bits per heavy atom. The van der Waals surface area contributed by atoms with E-state index < -0.39 is 0 Å². The van der Waals surface area contributed by atoms with Crippen molar-refractivity contribution >= 4 is 16.7 Å². The van der Waals surface area contributed by atoms with Gasteiger partial charge in [0.25, 0.3) is 0 Å². The first-order chi connectivity index (χ1) is 9.11. The van der Waals surface area contributed by atoms with E-state index in [1.54, 1.807) is 0 Å². The van der Waals surface area contributed by atoms with Crippen LogP contribution in [-0.4, -0.2) is 21.3 Å². The summed E-state index contributed by atoms with van der Waals surface area (Å²) >= 11 is 0. The molecule has 0 aliphatic heterocycles. The van der Waals surface area contributed by atoms with Gasteiger partial charge in [-0.2, -0.15) is 5.10 Å². The van der Waals surface area contributed by atoms with Gasteiger partial charge in [-0.3, -0.25) is 0 Å². The van der Waals surface area contributed by atoms with Crippen molar-refractivity contribution in [3.8, 4) is 0 Å². The number of anilines is 1. The average molecular weight is 260 g/mol. The van der Waals surface area contributed by atoms with Crippen molar-refractivity contribution in [1.82, 2.24) is 14.8 Å². The van der Waals surface area contributed by atoms with E-state index in [-0.39, 0.29) is 0 Å². The number of pyridine rings is 1. The summed E-state index contributed by atoms with van der Waals surface area (Å²) in [5.74, 6) is 0.694. The van der Waals surface area contributed by atoms with E-state index in [9.17, 15) is 0 Å². The summed E-state index contributed by atoms with van der Waals surface area (Å²) in [5, 5.41) is 8.95. The van der Waals surface area contributed by atoms with E-state index in [0.717, 1.165) is 23.3 Å². The van der Waals surface area contributed by atoms with Gasteiger partial charge in [0.15, 0.2) is 5.65 Å². The highest BCUT2D eigenvalue weighted by atomic mass is 15.3. The van der Waals surface area contributed by atoms with Gasteiger partial charge in [-0.15, -0.1) is 0 Å². The van der Waals surface area contributed by atoms with Crippen molar-refractivity contribution in [3.05, 3.63) is 18.5 Å². The molecule has 0 fully saturated rings. The van der Waals surface area contributed by atoms with Crippen molar-refractivity contribution in [2.45, 2.75) is 46.6 Å². The first kappa shape index (κ1) is 13.8. The summed E-state index contributed by atoms with van der Waals surface area (Å²) in [4.78, 5) is 4.52. The molecule has 0 spiro atoms. The fourth-order valence-corrected chi connectivity index (χ4v) is 2.30. The molecule has 19 heavy (non-hydrogen) atoms. The SMILES string of the molecule is CCCC(C)CNc1cnc2c(cnn2C(C)C)c1. The molecule has 4 nitrogen and oxygen atoms in total. The molecule has 1 unspecified atom stereocenters. The summed E-state index contributed by atoms with van der Waals surface area (Å²) in [6.45, 7) is 9.74. The fraction of sp³-hybridized carbons (Fsp3) is 0.600. The van der Waals surface area contributed by atoms with E-state index >= 15 is 0 Å². The van der Waals surface area contributed by atoms with Crippen LogP contribution in [0.15, 0.2) is 18.5 Å². The van der Waals surface area contributed by atoms with Gasteiger partial charge in [-0.25, -0.2) is 9.67 Å². The summed E-state index contributed by atoms with van der Waals surface area (Å²) in [6.07, 6.45) is 6.29. The maximum absolute atomic E-state index is 4.52. The second-order valence-electron chi connectivity index (χ2n) is 5.59. The van der Waals surface area contributed by atoms with Gasteiger partial charge in [-0.1, -0.05) is 20.3 Å². The molecule has 0 aliphatic carbocycles. The first-order valence-corrected chi connectivity index (χ1v) is 7.19. The second-order valence-corrected chi connectivity index (χ2v) is 5.59. The zero-order valence-corrected chi connectivity index (χ0v) is 12.3. The highest BCUT2D eigenvalue weighted by Crippen LogP contribution is 2.19. The molecule has 0 bridgehead atoms. The molecule has 1 N–H and O–H groups in total. The van der Waals surface area contributed by atoms with Crippen molar-refractivity contribution in [2.75, 3.05) is 11.9 Å². The van der Waals surface area contributed by atoms with Gasteiger partial charge < -0.3 is 5.32 Å². The minimum absolute atomic E-state index is 0.341. The molecule has 0 aromatic carbocycles. The van der Waals surface area contributed by atoms with Crippen LogP contribution in [0.4, 0.5) is 5.69 Å². The molecule has 2 heterocycles. The van der Waals surface area contributed by atoms with Crippen molar-refractivity contribution < 1.29 is 0 Å².